The summed E-state index contributed by atoms with van der Waals surface area (Å²) in [5.74, 6) is 0.445. The van der Waals surface area contributed by atoms with Crippen molar-refractivity contribution in [1.82, 2.24) is 0 Å². The van der Waals surface area contributed by atoms with Gasteiger partial charge in [0, 0.05) is 5.56 Å². The molecule has 1 unspecified atom stereocenters. The fourth-order valence-corrected chi connectivity index (χ4v) is 1.06. The minimum atomic E-state index is -2.59. The van der Waals surface area contributed by atoms with Crippen molar-refractivity contribution >= 4 is 0 Å². The van der Waals surface area contributed by atoms with Crippen molar-refractivity contribution < 1.29 is 13.2 Å². The first-order valence-electron chi connectivity index (χ1n) is 3.58. The van der Waals surface area contributed by atoms with Crippen LogP contribution in [-0.4, -0.2) is 6.43 Å². The maximum absolute atomic E-state index is 12.4. The van der Waals surface area contributed by atoms with E-state index >= 15 is 0 Å². The third kappa shape index (κ3) is 1.34. The van der Waals surface area contributed by atoms with E-state index < -0.39 is 12.0 Å². The van der Waals surface area contributed by atoms with Crippen LogP contribution >= 0.6 is 0 Å². The third-order valence-corrected chi connectivity index (χ3v) is 1.89. The smallest absolute Gasteiger partial charge is 0.260 e. The van der Waals surface area contributed by atoms with E-state index in [1.807, 2.05) is 0 Å². The van der Waals surface area contributed by atoms with Gasteiger partial charge >= 0.3 is 0 Å². The number of hydrogen-bond acceptors (Lipinski definition) is 2. The summed E-state index contributed by atoms with van der Waals surface area (Å²) in [5, 5.41) is 0. The second-order valence-corrected chi connectivity index (χ2v) is 2.97. The number of aryl methyl sites for hydroxylation is 1. The summed E-state index contributed by atoms with van der Waals surface area (Å²) in [5.41, 5.74) is 4.16. The molecule has 2 nitrogen and oxygen atoms in total. The van der Waals surface area contributed by atoms with Crippen LogP contribution in [0.5, 0.6) is 0 Å². The molecule has 2 N–H and O–H groups in total. The first-order chi connectivity index (χ1) is 5.46. The maximum atomic E-state index is 12.4. The highest BCUT2D eigenvalue weighted by atomic mass is 19.3. The normalized spacial score (nSPS) is 16.5. The summed E-state index contributed by atoms with van der Waals surface area (Å²) < 4.78 is 29.7. The molecule has 1 rings (SSSR count). The van der Waals surface area contributed by atoms with Crippen molar-refractivity contribution in [2.45, 2.75) is 25.8 Å². The van der Waals surface area contributed by atoms with E-state index in [-0.39, 0.29) is 0 Å². The zero-order valence-corrected chi connectivity index (χ0v) is 6.97. The molecule has 1 aromatic rings. The van der Waals surface area contributed by atoms with Crippen LogP contribution in [0, 0.1) is 6.92 Å². The lowest BCUT2D eigenvalue weighted by atomic mass is 9.94. The van der Waals surface area contributed by atoms with E-state index in [9.17, 15) is 8.78 Å². The van der Waals surface area contributed by atoms with Gasteiger partial charge in [-0.1, -0.05) is 0 Å². The van der Waals surface area contributed by atoms with Crippen molar-refractivity contribution in [3.05, 3.63) is 23.7 Å². The Bertz CT molecular complexity index is 268. The topological polar surface area (TPSA) is 39.2 Å². The van der Waals surface area contributed by atoms with Gasteiger partial charge in [0.1, 0.15) is 11.3 Å². The largest absolute Gasteiger partial charge is 0.469 e. The van der Waals surface area contributed by atoms with E-state index in [4.69, 9.17) is 10.2 Å². The van der Waals surface area contributed by atoms with Crippen molar-refractivity contribution in [3.63, 3.8) is 0 Å². The van der Waals surface area contributed by atoms with Crippen LogP contribution in [0.4, 0.5) is 8.78 Å². The van der Waals surface area contributed by atoms with Crippen LogP contribution < -0.4 is 5.73 Å². The van der Waals surface area contributed by atoms with Crippen molar-refractivity contribution in [2.24, 2.45) is 5.73 Å². The number of hydrogen-bond donors (Lipinski definition) is 1. The first-order valence-corrected chi connectivity index (χ1v) is 3.58. The van der Waals surface area contributed by atoms with Gasteiger partial charge in [0.15, 0.2) is 0 Å². The molecule has 1 atom stereocenters. The second-order valence-electron chi connectivity index (χ2n) is 2.97. The third-order valence-electron chi connectivity index (χ3n) is 1.89. The summed E-state index contributed by atoms with van der Waals surface area (Å²) in [6, 6.07) is 1.47. The molecule has 0 spiro atoms. The lowest BCUT2D eigenvalue weighted by Crippen LogP contribution is -2.40. The van der Waals surface area contributed by atoms with Gasteiger partial charge in [0.2, 0.25) is 0 Å². The predicted molar refractivity (Wildman–Crippen MR) is 41.0 cm³/mol. The van der Waals surface area contributed by atoms with Crippen molar-refractivity contribution in [1.29, 1.82) is 0 Å². The molecule has 0 saturated carbocycles. The van der Waals surface area contributed by atoms with Crippen LogP contribution in [0.1, 0.15) is 18.2 Å². The van der Waals surface area contributed by atoms with E-state index in [1.54, 1.807) is 6.92 Å². The number of nitrogens with two attached hydrogens (primary N) is 1. The maximum Gasteiger partial charge on any atom is 0.260 e. The Balaban J connectivity index is 3.05. The Morgan fingerprint density at radius 2 is 2.17 bits per heavy atom. The Labute approximate surface area is 69.4 Å². The second kappa shape index (κ2) is 2.86. The molecule has 1 heterocycles. The fraction of sp³-hybridized carbons (Fsp3) is 0.500. The zero-order chi connectivity index (χ0) is 9.35. The molecular weight excluding hydrogens is 164 g/mol. The van der Waals surface area contributed by atoms with Gasteiger partial charge in [-0.05, 0) is 19.9 Å². The van der Waals surface area contributed by atoms with E-state index in [0.717, 1.165) is 0 Å². The number of alkyl halides is 2. The summed E-state index contributed by atoms with van der Waals surface area (Å²) >= 11 is 0. The van der Waals surface area contributed by atoms with Crippen LogP contribution in [0.25, 0.3) is 0 Å². The molecule has 0 aromatic carbocycles. The average Bonchev–Trinajstić information content (AvgIpc) is 2.35. The van der Waals surface area contributed by atoms with E-state index in [0.29, 0.717) is 11.3 Å². The van der Waals surface area contributed by atoms with Crippen molar-refractivity contribution in [2.75, 3.05) is 0 Å². The molecule has 0 fully saturated rings. The number of furan rings is 1. The monoisotopic (exact) mass is 175 g/mol. The van der Waals surface area contributed by atoms with Gasteiger partial charge in [-0.2, -0.15) is 0 Å². The van der Waals surface area contributed by atoms with Crippen LogP contribution in [0.3, 0.4) is 0 Å². The Hall–Kier alpha value is -0.900. The molecule has 0 aliphatic carbocycles. The van der Waals surface area contributed by atoms with Gasteiger partial charge in [-0.3, -0.25) is 0 Å². The lowest BCUT2D eigenvalue weighted by molar-refractivity contribution is 0.0617. The molecule has 0 amide bonds. The average molecular weight is 175 g/mol. The molecular formula is C8H11F2NO. The molecule has 68 valence electrons. The van der Waals surface area contributed by atoms with Crippen molar-refractivity contribution in [3.8, 4) is 0 Å². The van der Waals surface area contributed by atoms with E-state index in [2.05, 4.69) is 0 Å². The fourth-order valence-electron chi connectivity index (χ4n) is 1.06. The van der Waals surface area contributed by atoms with Crippen LogP contribution in [-0.2, 0) is 5.54 Å². The zero-order valence-electron chi connectivity index (χ0n) is 6.97. The minimum absolute atomic E-state index is 0.359. The number of halogens is 2. The highest BCUT2D eigenvalue weighted by Crippen LogP contribution is 2.28. The SMILES string of the molecule is Cc1occc1C(C)(N)C(F)F. The highest BCUT2D eigenvalue weighted by Gasteiger charge is 2.34. The summed E-state index contributed by atoms with van der Waals surface area (Å²) in [4.78, 5) is 0. The Morgan fingerprint density at radius 1 is 1.58 bits per heavy atom. The summed E-state index contributed by atoms with van der Waals surface area (Å²) in [6.45, 7) is 2.90. The lowest BCUT2D eigenvalue weighted by Gasteiger charge is -2.22. The highest BCUT2D eigenvalue weighted by molar-refractivity contribution is 5.25. The van der Waals surface area contributed by atoms with Gasteiger partial charge < -0.3 is 10.2 Å². The molecule has 0 bridgehead atoms. The standard InChI is InChI=1S/C8H11F2NO/c1-5-6(3-4-12-5)8(2,11)7(9)10/h3-4,7H,11H2,1-2H3. The van der Waals surface area contributed by atoms with E-state index in [1.165, 1.54) is 19.3 Å². The van der Waals surface area contributed by atoms with Gasteiger partial charge in [-0.25, -0.2) is 8.78 Å². The molecule has 1 aromatic heterocycles. The Kier molecular flexibility index (Phi) is 2.19. The predicted octanol–water partition coefficient (Wildman–Crippen LogP) is 2.03. The molecule has 12 heavy (non-hydrogen) atoms. The summed E-state index contributed by atoms with van der Waals surface area (Å²) in [6.07, 6.45) is -1.23. The van der Waals surface area contributed by atoms with Gasteiger partial charge in [0.05, 0.1) is 6.26 Å². The quantitative estimate of drug-likeness (QED) is 0.746. The van der Waals surface area contributed by atoms with Gasteiger partial charge in [-0.15, -0.1) is 0 Å². The minimum Gasteiger partial charge on any atom is -0.469 e. The molecule has 0 radical (unpaired) electrons. The van der Waals surface area contributed by atoms with Crippen LogP contribution in [0.2, 0.25) is 0 Å². The molecule has 0 saturated heterocycles. The molecule has 4 heteroatoms. The molecule has 0 aliphatic rings. The summed E-state index contributed by atoms with van der Waals surface area (Å²) in [7, 11) is 0. The Morgan fingerprint density at radius 3 is 2.50 bits per heavy atom. The molecule has 0 aliphatic heterocycles. The van der Waals surface area contributed by atoms with Gasteiger partial charge in [0.25, 0.3) is 6.43 Å². The first kappa shape index (κ1) is 9.19. The number of rotatable bonds is 2. The van der Waals surface area contributed by atoms with Crippen LogP contribution in [0.15, 0.2) is 16.7 Å².